The number of aliphatic hydroxyl groups excluding tert-OH is 1. The van der Waals surface area contributed by atoms with Gasteiger partial charge in [-0.2, -0.15) is 0 Å². The summed E-state index contributed by atoms with van der Waals surface area (Å²) in [6, 6.07) is 19.8. The van der Waals surface area contributed by atoms with Crippen LogP contribution in [0.1, 0.15) is 31.0 Å². The van der Waals surface area contributed by atoms with Gasteiger partial charge in [0.25, 0.3) is 5.91 Å². The molecule has 48 heavy (non-hydrogen) atoms. The standard InChI is InChI=1S/C38H38ClN3O6/c1-4-47-27-17-15-26(16-18-27)40-21-9-19-37(3)30(34(40)44)31-35(45)42(29(23-43)25-12-6-5-7-13-25)33-36(46)41(22-10-20-38(31,33)48-37)32-24(2)11-8-14-28(32)39/h5-20,29-31,33,43H,4,21-23H2,1-3H3/t29-,30+,31+,33?,37-,38+/m1/s1. The molecule has 3 amide bonds. The van der Waals surface area contributed by atoms with Gasteiger partial charge in [-0.1, -0.05) is 78.4 Å². The lowest BCUT2D eigenvalue weighted by Gasteiger charge is -2.40. The molecular formula is C38H38ClN3O6. The summed E-state index contributed by atoms with van der Waals surface area (Å²) < 4.78 is 12.6. The average Bonchev–Trinajstić information content (AvgIpc) is 3.35. The molecule has 0 radical (unpaired) electrons. The van der Waals surface area contributed by atoms with Crippen LogP contribution in [-0.4, -0.2) is 71.3 Å². The maximum atomic E-state index is 15.1. The van der Waals surface area contributed by atoms with Crippen LogP contribution in [0.5, 0.6) is 5.75 Å². The van der Waals surface area contributed by atoms with Crippen LogP contribution in [0.25, 0.3) is 0 Å². The van der Waals surface area contributed by atoms with Crippen molar-refractivity contribution in [3.05, 3.63) is 113 Å². The first kappa shape index (κ1) is 32.1. The largest absolute Gasteiger partial charge is 0.494 e. The number of carbonyl (C=O) groups excluding carboxylic acids is 3. The first-order valence-electron chi connectivity index (χ1n) is 16.3. The molecule has 3 aromatic carbocycles. The fraction of sp³-hybridized carbons (Fsp3) is 0.342. The number of nitrogens with zero attached hydrogens (tertiary/aromatic N) is 3. The highest BCUT2D eigenvalue weighted by molar-refractivity contribution is 6.34. The Morgan fingerprint density at radius 1 is 0.896 bits per heavy atom. The van der Waals surface area contributed by atoms with Gasteiger partial charge in [-0.15, -0.1) is 0 Å². The Morgan fingerprint density at radius 2 is 1.60 bits per heavy atom. The SMILES string of the molecule is CCOc1ccc(N2CC=C[C@@]3(C)O[C@]45C=CCN(c6c(C)cccc6Cl)C(=O)C4N([C@H](CO)c4ccccc4)C(=O)[C@@H]5[C@H]3C2=O)cc1. The second-order valence-corrected chi connectivity index (χ2v) is 13.3. The third-order valence-electron chi connectivity index (χ3n) is 10.1. The van der Waals surface area contributed by atoms with Gasteiger partial charge in [-0.25, -0.2) is 0 Å². The lowest BCUT2D eigenvalue weighted by atomic mass is 9.74. The predicted octanol–water partition coefficient (Wildman–Crippen LogP) is 5.26. The molecule has 7 rings (SSSR count). The van der Waals surface area contributed by atoms with Crippen LogP contribution >= 0.6 is 11.6 Å². The maximum Gasteiger partial charge on any atom is 0.253 e. The molecule has 0 saturated carbocycles. The number of aliphatic hydroxyl groups is 1. The number of para-hydroxylation sites is 1. The van der Waals surface area contributed by atoms with Crippen LogP contribution in [0.2, 0.25) is 5.02 Å². The van der Waals surface area contributed by atoms with Crippen LogP contribution in [0, 0.1) is 18.8 Å². The third kappa shape index (κ3) is 4.86. The molecule has 0 aromatic heterocycles. The summed E-state index contributed by atoms with van der Waals surface area (Å²) >= 11 is 6.71. The maximum absolute atomic E-state index is 15.1. The van der Waals surface area contributed by atoms with Crippen LogP contribution in [0.4, 0.5) is 11.4 Å². The fourth-order valence-electron chi connectivity index (χ4n) is 8.11. The van der Waals surface area contributed by atoms with Gasteiger partial charge in [0, 0.05) is 18.8 Å². The second kappa shape index (κ2) is 12.2. The monoisotopic (exact) mass is 667 g/mol. The van der Waals surface area contributed by atoms with E-state index in [1.165, 1.54) is 4.90 Å². The number of hydrogen-bond donors (Lipinski definition) is 1. The molecule has 10 heteroatoms. The van der Waals surface area contributed by atoms with Crippen LogP contribution in [-0.2, 0) is 19.1 Å². The van der Waals surface area contributed by atoms with Crippen molar-refractivity contribution in [3.63, 3.8) is 0 Å². The van der Waals surface area contributed by atoms with E-state index in [4.69, 9.17) is 21.1 Å². The smallest absolute Gasteiger partial charge is 0.253 e. The van der Waals surface area contributed by atoms with Crippen molar-refractivity contribution in [1.82, 2.24) is 4.90 Å². The Kier molecular flexibility index (Phi) is 8.18. The van der Waals surface area contributed by atoms with Crippen LogP contribution in [0.3, 0.4) is 0 Å². The zero-order chi connectivity index (χ0) is 33.8. The lowest BCUT2D eigenvalue weighted by molar-refractivity contribution is -0.148. The summed E-state index contributed by atoms with van der Waals surface area (Å²) in [6.07, 6.45) is 7.36. The first-order chi connectivity index (χ1) is 23.1. The zero-order valence-electron chi connectivity index (χ0n) is 27.1. The summed E-state index contributed by atoms with van der Waals surface area (Å²) in [5.74, 6) is -2.45. The van der Waals surface area contributed by atoms with E-state index in [0.29, 0.717) is 34.3 Å². The topological polar surface area (TPSA) is 99.6 Å². The van der Waals surface area contributed by atoms with Gasteiger partial charge in [0.1, 0.15) is 17.4 Å². The van der Waals surface area contributed by atoms with Gasteiger partial charge in [-0.3, -0.25) is 14.4 Å². The number of halogens is 1. The highest BCUT2D eigenvalue weighted by Crippen LogP contribution is 2.59. The quantitative estimate of drug-likeness (QED) is 0.346. The second-order valence-electron chi connectivity index (χ2n) is 12.9. The average molecular weight is 668 g/mol. The molecule has 1 N–H and O–H groups in total. The summed E-state index contributed by atoms with van der Waals surface area (Å²) in [5.41, 5.74) is -0.0652. The number of aryl methyl sites for hydroxylation is 1. The molecule has 2 saturated heterocycles. The lowest BCUT2D eigenvalue weighted by Crippen LogP contribution is -2.57. The van der Waals surface area contributed by atoms with Gasteiger partial charge >= 0.3 is 0 Å². The zero-order valence-corrected chi connectivity index (χ0v) is 27.8. The van der Waals surface area contributed by atoms with E-state index >= 15 is 9.59 Å². The number of anilines is 2. The molecule has 1 spiro atoms. The molecule has 4 aliphatic rings. The molecule has 2 fully saturated rings. The number of rotatable bonds is 7. The van der Waals surface area contributed by atoms with Crippen molar-refractivity contribution in [2.45, 2.75) is 44.1 Å². The van der Waals surface area contributed by atoms with E-state index in [1.807, 2.05) is 106 Å². The molecule has 248 valence electrons. The van der Waals surface area contributed by atoms with Crippen molar-refractivity contribution in [3.8, 4) is 5.75 Å². The van der Waals surface area contributed by atoms with Crippen molar-refractivity contribution >= 4 is 40.7 Å². The molecule has 3 aromatic rings. The minimum Gasteiger partial charge on any atom is -0.494 e. The first-order valence-corrected chi connectivity index (χ1v) is 16.7. The summed E-state index contributed by atoms with van der Waals surface area (Å²) in [7, 11) is 0. The van der Waals surface area contributed by atoms with Gasteiger partial charge in [0.15, 0.2) is 0 Å². The van der Waals surface area contributed by atoms with Crippen molar-refractivity contribution in [1.29, 1.82) is 0 Å². The number of ether oxygens (including phenoxy) is 2. The summed E-state index contributed by atoms with van der Waals surface area (Å²) in [4.78, 5) is 49.6. The summed E-state index contributed by atoms with van der Waals surface area (Å²) in [5, 5.41) is 11.3. The molecule has 9 nitrogen and oxygen atoms in total. The molecular weight excluding hydrogens is 630 g/mol. The fourth-order valence-corrected chi connectivity index (χ4v) is 8.44. The van der Waals surface area contributed by atoms with Crippen LogP contribution in [0.15, 0.2) is 97.1 Å². The molecule has 6 atom stereocenters. The van der Waals surface area contributed by atoms with Gasteiger partial charge < -0.3 is 29.3 Å². The highest BCUT2D eigenvalue weighted by Gasteiger charge is 2.75. The van der Waals surface area contributed by atoms with Crippen molar-refractivity contribution in [2.75, 3.05) is 36.1 Å². The third-order valence-corrected chi connectivity index (χ3v) is 10.4. The van der Waals surface area contributed by atoms with E-state index < -0.39 is 53.5 Å². The van der Waals surface area contributed by atoms with E-state index in [-0.39, 0.29) is 19.0 Å². The number of likely N-dealkylation sites (tertiary alicyclic amines) is 1. The van der Waals surface area contributed by atoms with E-state index in [0.717, 1.165) is 5.56 Å². The molecule has 4 heterocycles. The highest BCUT2D eigenvalue weighted by atomic mass is 35.5. The van der Waals surface area contributed by atoms with Crippen LogP contribution < -0.4 is 14.5 Å². The van der Waals surface area contributed by atoms with E-state index in [2.05, 4.69) is 0 Å². The molecule has 1 unspecified atom stereocenters. The Morgan fingerprint density at radius 3 is 2.29 bits per heavy atom. The number of carbonyl (C=O) groups is 3. The number of fused-ring (bicyclic) bond motifs is 2. The van der Waals surface area contributed by atoms with Gasteiger partial charge in [0.2, 0.25) is 11.8 Å². The predicted molar refractivity (Wildman–Crippen MR) is 183 cm³/mol. The van der Waals surface area contributed by atoms with Gasteiger partial charge in [-0.05, 0) is 62.2 Å². The normalized spacial score (nSPS) is 28.6. The summed E-state index contributed by atoms with van der Waals surface area (Å²) in [6.45, 7) is 6.14. The van der Waals surface area contributed by atoms with Crippen molar-refractivity contribution in [2.24, 2.45) is 11.8 Å². The molecule has 0 bridgehead atoms. The minimum absolute atomic E-state index is 0.179. The van der Waals surface area contributed by atoms with Crippen molar-refractivity contribution < 1.29 is 29.0 Å². The molecule has 0 aliphatic carbocycles. The van der Waals surface area contributed by atoms with E-state index in [1.54, 1.807) is 21.9 Å². The molecule has 4 aliphatic heterocycles. The van der Waals surface area contributed by atoms with Gasteiger partial charge in [0.05, 0.1) is 47.4 Å². The van der Waals surface area contributed by atoms with E-state index in [9.17, 15) is 9.90 Å². The number of hydrogen-bond acceptors (Lipinski definition) is 6. The minimum atomic E-state index is -1.51. The number of amides is 3. The Bertz CT molecular complexity index is 1790. The Labute approximate surface area is 285 Å². The Hall–Kier alpha value is -4.44. The number of benzene rings is 3. The Balaban J connectivity index is 1.38.